The molecule has 0 fully saturated rings. The molecule has 0 bridgehead atoms. The van der Waals surface area contributed by atoms with Gasteiger partial charge in [-0.05, 0) is 42.3 Å². The fraction of sp³-hybridized carbons (Fsp3) is 0.0952. The van der Waals surface area contributed by atoms with E-state index in [4.69, 9.17) is 4.74 Å². The number of para-hydroxylation sites is 1. The predicted molar refractivity (Wildman–Crippen MR) is 98.4 cm³/mol. The molecular weight excluding hydrogens is 298 g/mol. The summed E-state index contributed by atoms with van der Waals surface area (Å²) in [5.74, 6) is 0.588. The molecule has 3 aromatic rings. The van der Waals surface area contributed by atoms with E-state index in [1.807, 2.05) is 55.5 Å². The van der Waals surface area contributed by atoms with Crippen LogP contribution in [-0.2, 0) is 0 Å². The second-order valence-corrected chi connectivity index (χ2v) is 5.30. The number of phenolic OH excluding ortho intramolecular Hbond substituents is 1. The first-order chi connectivity index (χ1) is 11.8. The van der Waals surface area contributed by atoms with Gasteiger partial charge in [0.15, 0.2) is 11.5 Å². The molecule has 0 aliphatic heterocycles. The Morgan fingerprint density at radius 3 is 2.29 bits per heavy atom. The van der Waals surface area contributed by atoms with Crippen LogP contribution in [0.3, 0.4) is 0 Å². The summed E-state index contributed by atoms with van der Waals surface area (Å²) in [7, 11) is 0. The largest absolute Gasteiger partial charge is 0.504 e. The topological polar surface area (TPSA) is 41.8 Å². The highest BCUT2D eigenvalue weighted by Gasteiger charge is 2.05. The average Bonchev–Trinajstić information content (AvgIpc) is 2.64. The van der Waals surface area contributed by atoms with Crippen LogP contribution in [0, 0.1) is 0 Å². The second-order valence-electron chi connectivity index (χ2n) is 5.30. The molecule has 0 radical (unpaired) electrons. The van der Waals surface area contributed by atoms with Crippen LogP contribution in [0.2, 0.25) is 0 Å². The highest BCUT2D eigenvalue weighted by atomic mass is 16.5. The zero-order chi connectivity index (χ0) is 16.8. The van der Waals surface area contributed by atoms with Crippen molar-refractivity contribution in [2.24, 2.45) is 4.99 Å². The van der Waals surface area contributed by atoms with E-state index >= 15 is 0 Å². The predicted octanol–water partition coefficient (Wildman–Crippen LogP) is 5.21. The second kappa shape index (κ2) is 7.47. The van der Waals surface area contributed by atoms with Gasteiger partial charge in [0.1, 0.15) is 0 Å². The molecule has 0 saturated carbocycles. The quantitative estimate of drug-likeness (QED) is 0.656. The summed E-state index contributed by atoms with van der Waals surface area (Å²) in [6.45, 7) is 2.39. The summed E-state index contributed by atoms with van der Waals surface area (Å²) in [5, 5.41) is 10.2. The van der Waals surface area contributed by atoms with Crippen molar-refractivity contribution in [1.82, 2.24) is 0 Å². The number of aromatic hydroxyl groups is 1. The lowest BCUT2D eigenvalue weighted by Gasteiger charge is -2.07. The van der Waals surface area contributed by atoms with Gasteiger partial charge in [-0.2, -0.15) is 0 Å². The molecule has 3 nitrogen and oxygen atoms in total. The maximum absolute atomic E-state index is 10.2. The molecule has 0 heterocycles. The monoisotopic (exact) mass is 317 g/mol. The van der Waals surface area contributed by atoms with Gasteiger partial charge in [0, 0.05) is 11.8 Å². The number of phenols is 1. The number of hydrogen-bond donors (Lipinski definition) is 1. The number of benzene rings is 3. The summed E-state index contributed by atoms with van der Waals surface area (Å²) in [4.78, 5) is 4.43. The first-order valence-electron chi connectivity index (χ1n) is 7.92. The van der Waals surface area contributed by atoms with Crippen molar-refractivity contribution in [3.05, 3.63) is 78.4 Å². The Morgan fingerprint density at radius 2 is 1.58 bits per heavy atom. The zero-order valence-corrected chi connectivity index (χ0v) is 13.5. The maximum Gasteiger partial charge on any atom is 0.166 e. The van der Waals surface area contributed by atoms with E-state index in [2.05, 4.69) is 17.1 Å². The Hall–Kier alpha value is -3.07. The summed E-state index contributed by atoms with van der Waals surface area (Å²) >= 11 is 0. The minimum Gasteiger partial charge on any atom is -0.504 e. The smallest absolute Gasteiger partial charge is 0.166 e. The van der Waals surface area contributed by atoms with Gasteiger partial charge in [0.05, 0.1) is 12.3 Å². The molecule has 0 atom stereocenters. The van der Waals surface area contributed by atoms with E-state index in [0.717, 1.165) is 11.3 Å². The molecule has 24 heavy (non-hydrogen) atoms. The molecule has 0 aliphatic rings. The Balaban J connectivity index is 1.79. The molecule has 120 valence electrons. The third-order valence-electron chi connectivity index (χ3n) is 3.66. The van der Waals surface area contributed by atoms with E-state index in [9.17, 15) is 5.11 Å². The molecule has 0 unspecified atom stereocenters. The Labute approximate surface area is 141 Å². The van der Waals surface area contributed by atoms with Crippen LogP contribution in [-0.4, -0.2) is 17.9 Å². The van der Waals surface area contributed by atoms with Gasteiger partial charge in [0.25, 0.3) is 0 Å². The fourth-order valence-corrected chi connectivity index (χ4v) is 2.43. The minimum absolute atomic E-state index is 0.115. The van der Waals surface area contributed by atoms with Crippen LogP contribution in [0.1, 0.15) is 12.5 Å². The molecule has 0 aliphatic carbocycles. The summed E-state index contributed by atoms with van der Waals surface area (Å²) in [6, 6.07) is 23.6. The van der Waals surface area contributed by atoms with E-state index in [1.165, 1.54) is 5.56 Å². The third kappa shape index (κ3) is 3.63. The Morgan fingerprint density at radius 1 is 0.875 bits per heavy atom. The standard InChI is InChI=1S/C21H19NO2/c1-2-24-20-10-6-9-18(21(20)23)15-22-19-13-11-17(12-14-19)16-7-4-3-5-8-16/h3-15,23H,2H2,1H3. The Bertz CT molecular complexity index is 824. The van der Waals surface area contributed by atoms with Crippen molar-refractivity contribution in [2.75, 3.05) is 6.61 Å². The Kier molecular flexibility index (Phi) is 4.92. The van der Waals surface area contributed by atoms with Gasteiger partial charge < -0.3 is 9.84 Å². The number of hydrogen-bond acceptors (Lipinski definition) is 3. The van der Waals surface area contributed by atoms with Crippen molar-refractivity contribution in [3.8, 4) is 22.6 Å². The van der Waals surface area contributed by atoms with Crippen molar-refractivity contribution >= 4 is 11.9 Å². The lowest BCUT2D eigenvalue weighted by Crippen LogP contribution is -1.93. The summed E-state index contributed by atoms with van der Waals surface area (Å²) in [6.07, 6.45) is 1.65. The van der Waals surface area contributed by atoms with E-state index in [0.29, 0.717) is 17.9 Å². The number of rotatable bonds is 5. The number of ether oxygens (including phenoxy) is 1. The molecule has 0 spiro atoms. The molecule has 0 amide bonds. The van der Waals surface area contributed by atoms with Crippen molar-refractivity contribution in [2.45, 2.75) is 6.92 Å². The normalized spacial score (nSPS) is 10.9. The van der Waals surface area contributed by atoms with Gasteiger partial charge in [-0.15, -0.1) is 0 Å². The third-order valence-corrected chi connectivity index (χ3v) is 3.66. The van der Waals surface area contributed by atoms with Crippen LogP contribution in [0.25, 0.3) is 11.1 Å². The average molecular weight is 317 g/mol. The van der Waals surface area contributed by atoms with Crippen LogP contribution in [0.15, 0.2) is 77.8 Å². The zero-order valence-electron chi connectivity index (χ0n) is 13.5. The fourth-order valence-electron chi connectivity index (χ4n) is 2.43. The molecule has 3 aromatic carbocycles. The molecule has 0 saturated heterocycles. The molecule has 3 heteroatoms. The highest BCUT2D eigenvalue weighted by molar-refractivity contribution is 5.86. The van der Waals surface area contributed by atoms with E-state index < -0.39 is 0 Å². The van der Waals surface area contributed by atoms with Crippen LogP contribution < -0.4 is 4.74 Å². The molecule has 0 aromatic heterocycles. The molecule has 1 N–H and O–H groups in total. The van der Waals surface area contributed by atoms with Gasteiger partial charge in [-0.3, -0.25) is 4.99 Å². The van der Waals surface area contributed by atoms with Gasteiger partial charge in [0.2, 0.25) is 0 Å². The van der Waals surface area contributed by atoms with Crippen molar-refractivity contribution < 1.29 is 9.84 Å². The highest BCUT2D eigenvalue weighted by Crippen LogP contribution is 2.29. The maximum atomic E-state index is 10.2. The lowest BCUT2D eigenvalue weighted by molar-refractivity contribution is 0.318. The lowest BCUT2D eigenvalue weighted by atomic mass is 10.1. The van der Waals surface area contributed by atoms with Crippen LogP contribution in [0.5, 0.6) is 11.5 Å². The first-order valence-corrected chi connectivity index (χ1v) is 7.92. The van der Waals surface area contributed by atoms with Crippen molar-refractivity contribution in [1.29, 1.82) is 0 Å². The van der Waals surface area contributed by atoms with Gasteiger partial charge >= 0.3 is 0 Å². The first kappa shape index (κ1) is 15.8. The van der Waals surface area contributed by atoms with Gasteiger partial charge in [-0.25, -0.2) is 0 Å². The number of aliphatic imine (C=N–C) groups is 1. The van der Waals surface area contributed by atoms with Crippen LogP contribution in [0.4, 0.5) is 5.69 Å². The summed E-state index contributed by atoms with van der Waals surface area (Å²) < 4.78 is 5.38. The summed E-state index contributed by atoms with van der Waals surface area (Å²) in [5.41, 5.74) is 3.79. The molecule has 3 rings (SSSR count). The minimum atomic E-state index is 0.115. The van der Waals surface area contributed by atoms with Crippen LogP contribution >= 0.6 is 0 Å². The van der Waals surface area contributed by atoms with E-state index in [-0.39, 0.29) is 5.75 Å². The van der Waals surface area contributed by atoms with Crippen molar-refractivity contribution in [3.63, 3.8) is 0 Å². The van der Waals surface area contributed by atoms with E-state index in [1.54, 1.807) is 18.3 Å². The van der Waals surface area contributed by atoms with Gasteiger partial charge in [-0.1, -0.05) is 48.5 Å². The SMILES string of the molecule is CCOc1cccc(C=Nc2ccc(-c3ccccc3)cc2)c1O. The molecular formula is C21H19NO2. The number of nitrogens with zero attached hydrogens (tertiary/aromatic N) is 1.